The van der Waals surface area contributed by atoms with Gasteiger partial charge in [0.15, 0.2) is 0 Å². The Morgan fingerprint density at radius 2 is 1.33 bits per heavy atom. The molecule has 2 amide bonds. The van der Waals surface area contributed by atoms with Crippen LogP contribution in [0.3, 0.4) is 0 Å². The monoisotopic (exact) mass is 344 g/mol. The van der Waals surface area contributed by atoms with E-state index in [9.17, 15) is 24.0 Å². The van der Waals surface area contributed by atoms with Gasteiger partial charge in [-0.3, -0.25) is 14.4 Å². The van der Waals surface area contributed by atoms with Gasteiger partial charge in [0.05, 0.1) is 0 Å². The van der Waals surface area contributed by atoms with Crippen molar-refractivity contribution in [2.45, 2.75) is 58.5 Å². The number of carboxylic acid groups (broad SMARTS) is 2. The second-order valence-corrected chi connectivity index (χ2v) is 5.79. The van der Waals surface area contributed by atoms with Crippen LogP contribution in [-0.2, 0) is 24.0 Å². The molecule has 0 aliphatic heterocycles. The first-order valence-corrected chi connectivity index (χ1v) is 7.59. The van der Waals surface area contributed by atoms with Gasteiger partial charge >= 0.3 is 11.9 Å². The van der Waals surface area contributed by atoms with Crippen molar-refractivity contribution in [3.8, 4) is 0 Å². The predicted octanol–water partition coefficient (Wildman–Crippen LogP) is -0.0694. The third kappa shape index (κ3) is 8.86. The Hall–Kier alpha value is -2.45. The van der Waals surface area contributed by atoms with E-state index in [1.807, 2.05) is 0 Å². The summed E-state index contributed by atoms with van der Waals surface area (Å²) in [7, 11) is 0. The van der Waals surface area contributed by atoms with Crippen molar-refractivity contribution in [2.75, 3.05) is 0 Å². The van der Waals surface area contributed by atoms with E-state index in [-0.39, 0.29) is 31.5 Å². The third-order valence-electron chi connectivity index (χ3n) is 3.20. The normalized spacial score (nSPS) is 13.0. The number of carboxylic acids is 2. The van der Waals surface area contributed by atoms with Gasteiger partial charge in [-0.1, -0.05) is 13.8 Å². The number of carbonyl (C=O) groups excluding carboxylic acids is 3. The summed E-state index contributed by atoms with van der Waals surface area (Å²) in [4.78, 5) is 56.7. The van der Waals surface area contributed by atoms with Crippen LogP contribution in [0.2, 0.25) is 0 Å². The van der Waals surface area contributed by atoms with Gasteiger partial charge in [-0.25, -0.2) is 4.79 Å². The maximum atomic E-state index is 12.2. The Labute approximate surface area is 139 Å². The first-order chi connectivity index (χ1) is 11.0. The Bertz CT molecular complexity index is 502. The Morgan fingerprint density at radius 3 is 1.75 bits per heavy atom. The highest BCUT2D eigenvalue weighted by molar-refractivity contribution is 5.91. The van der Waals surface area contributed by atoms with E-state index in [0.29, 0.717) is 0 Å². The molecular weight excluding hydrogens is 320 g/mol. The molecule has 0 aromatic heterocycles. The molecule has 0 spiro atoms. The van der Waals surface area contributed by atoms with E-state index >= 15 is 0 Å². The fourth-order valence-corrected chi connectivity index (χ4v) is 1.75. The lowest BCUT2D eigenvalue weighted by atomic mass is 10.1. The van der Waals surface area contributed by atoms with Crippen molar-refractivity contribution in [1.29, 1.82) is 0 Å². The van der Waals surface area contributed by atoms with E-state index < -0.39 is 41.8 Å². The van der Waals surface area contributed by atoms with E-state index in [0.717, 1.165) is 0 Å². The number of hydrogen-bond donors (Lipinski definition) is 4. The zero-order chi connectivity index (χ0) is 18.9. The average molecular weight is 344 g/mol. The summed E-state index contributed by atoms with van der Waals surface area (Å²) in [6.07, 6.45) is -0.629. The maximum absolute atomic E-state index is 12.2. The minimum atomic E-state index is -1.31. The van der Waals surface area contributed by atoms with Gasteiger partial charge in [0, 0.05) is 18.8 Å². The van der Waals surface area contributed by atoms with Crippen LogP contribution in [-0.4, -0.2) is 51.8 Å². The smallest absolute Gasteiger partial charge is 0.326 e. The molecule has 136 valence electrons. The molecule has 9 nitrogen and oxygen atoms in total. The van der Waals surface area contributed by atoms with Crippen molar-refractivity contribution in [1.82, 2.24) is 10.6 Å². The van der Waals surface area contributed by atoms with Crippen molar-refractivity contribution in [3.63, 3.8) is 0 Å². The van der Waals surface area contributed by atoms with Crippen LogP contribution in [0.4, 0.5) is 0 Å². The van der Waals surface area contributed by atoms with Gasteiger partial charge in [0.25, 0.3) is 0 Å². The molecule has 0 bridgehead atoms. The third-order valence-corrected chi connectivity index (χ3v) is 3.20. The van der Waals surface area contributed by atoms with Crippen molar-refractivity contribution in [3.05, 3.63) is 0 Å². The lowest BCUT2D eigenvalue weighted by Gasteiger charge is -2.21. The fraction of sp³-hybridized carbons (Fsp3) is 0.667. The molecular formula is C15H24N2O7. The number of rotatable bonds is 11. The molecule has 0 aromatic rings. The number of aliphatic carboxylic acids is 2. The van der Waals surface area contributed by atoms with E-state index in [4.69, 9.17) is 10.2 Å². The molecule has 24 heavy (non-hydrogen) atoms. The molecule has 0 saturated heterocycles. The minimum absolute atomic E-state index is 0.0185. The van der Waals surface area contributed by atoms with Crippen LogP contribution in [0, 0.1) is 5.92 Å². The quantitative estimate of drug-likeness (QED) is 0.410. The minimum Gasteiger partial charge on any atom is -0.481 e. The Morgan fingerprint density at radius 1 is 0.833 bits per heavy atom. The van der Waals surface area contributed by atoms with Gasteiger partial charge < -0.3 is 25.6 Å². The van der Waals surface area contributed by atoms with Gasteiger partial charge in [-0.15, -0.1) is 0 Å². The standard InChI is InChI=1S/C15H24N2O7/c1-8(2)13(21)16-10(6-7-12(19)20)14(22)17-11(15(23)24)5-4-9(3)18/h8,10-11H,4-7H2,1-3H3,(H,16,21)(H,17,22)(H,19,20)(H,23,24). The number of nitrogens with one attached hydrogen (secondary N) is 2. The zero-order valence-corrected chi connectivity index (χ0v) is 14.0. The summed E-state index contributed by atoms with van der Waals surface area (Å²) >= 11 is 0. The molecule has 0 aromatic carbocycles. The van der Waals surface area contributed by atoms with Gasteiger partial charge in [-0.2, -0.15) is 0 Å². The Balaban J connectivity index is 4.97. The van der Waals surface area contributed by atoms with Gasteiger partial charge in [0.2, 0.25) is 11.8 Å². The summed E-state index contributed by atoms with van der Waals surface area (Å²) in [6.45, 7) is 4.52. The SMILES string of the molecule is CC(=O)CCC(NC(=O)C(CCC(=O)O)NC(=O)C(C)C)C(=O)O. The molecule has 0 aliphatic rings. The Kier molecular flexibility index (Phi) is 9.29. The van der Waals surface area contributed by atoms with Gasteiger partial charge in [-0.05, 0) is 19.8 Å². The first-order valence-electron chi connectivity index (χ1n) is 7.59. The summed E-state index contributed by atoms with van der Waals surface area (Å²) in [5.41, 5.74) is 0. The number of Topliss-reactive ketones (excluding diaryl/α,β-unsaturated/α-hetero) is 1. The van der Waals surface area contributed by atoms with Crippen molar-refractivity contribution in [2.24, 2.45) is 5.92 Å². The molecule has 0 aliphatic carbocycles. The highest BCUT2D eigenvalue weighted by Crippen LogP contribution is 2.04. The molecule has 0 fully saturated rings. The molecule has 2 unspecified atom stereocenters. The van der Waals surface area contributed by atoms with Crippen molar-refractivity contribution >= 4 is 29.5 Å². The largest absolute Gasteiger partial charge is 0.481 e. The topological polar surface area (TPSA) is 150 Å². The summed E-state index contributed by atoms with van der Waals surface area (Å²) in [6, 6.07) is -2.44. The van der Waals surface area contributed by atoms with Crippen LogP contribution in [0.15, 0.2) is 0 Å². The lowest BCUT2D eigenvalue weighted by Crippen LogP contribution is -2.52. The lowest BCUT2D eigenvalue weighted by molar-refractivity contribution is -0.143. The first kappa shape index (κ1) is 21.6. The van der Waals surface area contributed by atoms with E-state index in [2.05, 4.69) is 10.6 Å². The number of amides is 2. The highest BCUT2D eigenvalue weighted by atomic mass is 16.4. The summed E-state index contributed by atoms with van der Waals surface area (Å²) in [5.74, 6) is -4.32. The molecule has 0 radical (unpaired) electrons. The second kappa shape index (κ2) is 10.3. The zero-order valence-electron chi connectivity index (χ0n) is 14.0. The molecule has 2 atom stereocenters. The average Bonchev–Trinajstić information content (AvgIpc) is 2.46. The van der Waals surface area contributed by atoms with Crippen LogP contribution < -0.4 is 10.6 Å². The molecule has 9 heteroatoms. The van der Waals surface area contributed by atoms with Crippen LogP contribution >= 0.6 is 0 Å². The summed E-state index contributed by atoms with van der Waals surface area (Å²) in [5, 5.41) is 22.5. The highest BCUT2D eigenvalue weighted by Gasteiger charge is 2.27. The second-order valence-electron chi connectivity index (χ2n) is 5.79. The number of hydrogen-bond acceptors (Lipinski definition) is 5. The molecule has 0 saturated carbocycles. The van der Waals surface area contributed by atoms with Crippen LogP contribution in [0.25, 0.3) is 0 Å². The maximum Gasteiger partial charge on any atom is 0.326 e. The number of carbonyl (C=O) groups is 5. The van der Waals surface area contributed by atoms with E-state index in [1.54, 1.807) is 13.8 Å². The van der Waals surface area contributed by atoms with Crippen LogP contribution in [0.5, 0.6) is 0 Å². The van der Waals surface area contributed by atoms with E-state index in [1.165, 1.54) is 6.92 Å². The van der Waals surface area contributed by atoms with Crippen molar-refractivity contribution < 1.29 is 34.2 Å². The number of ketones is 1. The summed E-state index contributed by atoms with van der Waals surface area (Å²) < 4.78 is 0. The van der Waals surface area contributed by atoms with Gasteiger partial charge in [0.1, 0.15) is 17.9 Å². The fourth-order valence-electron chi connectivity index (χ4n) is 1.75. The predicted molar refractivity (Wildman–Crippen MR) is 83.1 cm³/mol. The molecule has 0 rings (SSSR count). The van der Waals surface area contributed by atoms with Crippen LogP contribution in [0.1, 0.15) is 46.5 Å². The molecule has 0 heterocycles. The molecule has 4 N–H and O–H groups in total.